The molecule has 3 fully saturated rings. The molecule has 1 N–H and O–H groups in total. The standard InChI is InChI=1S/C19H22F2N6O4/c1-11-23-16(26-31-11)18(5-2-6-18)25-17(28)30-13-7-22-14(27-9-19(20,21)10-27)15(24-13)29-8-12-3-4-12/h7,12H,2-6,8-10H2,1H3,(H,25,28). The molecule has 12 heteroatoms. The number of carbonyl (C=O) groups is 1. The van der Waals surface area contributed by atoms with E-state index in [4.69, 9.17) is 14.0 Å². The van der Waals surface area contributed by atoms with Crippen molar-refractivity contribution in [3.8, 4) is 11.8 Å². The molecule has 0 atom stereocenters. The number of alkyl halides is 2. The van der Waals surface area contributed by atoms with Gasteiger partial charge in [0.05, 0.1) is 25.9 Å². The number of aromatic nitrogens is 4. The number of nitrogens with zero attached hydrogens (tertiary/aromatic N) is 5. The second-order valence-corrected chi connectivity index (χ2v) is 8.39. The predicted molar refractivity (Wildman–Crippen MR) is 101 cm³/mol. The average molecular weight is 436 g/mol. The predicted octanol–water partition coefficient (Wildman–Crippen LogP) is 2.58. The molecule has 0 aromatic carbocycles. The lowest BCUT2D eigenvalue weighted by molar-refractivity contribution is -0.0270. The third-order valence-electron chi connectivity index (χ3n) is 5.70. The van der Waals surface area contributed by atoms with Crippen LogP contribution in [0.2, 0.25) is 0 Å². The largest absolute Gasteiger partial charge is 0.475 e. The minimum atomic E-state index is -2.75. The van der Waals surface area contributed by atoms with Crippen LogP contribution in [0, 0.1) is 12.8 Å². The van der Waals surface area contributed by atoms with Gasteiger partial charge in [0.2, 0.25) is 11.8 Å². The Morgan fingerprint density at radius 2 is 2.10 bits per heavy atom. The van der Waals surface area contributed by atoms with Crippen molar-refractivity contribution in [2.75, 3.05) is 24.6 Å². The Morgan fingerprint density at radius 3 is 2.68 bits per heavy atom. The van der Waals surface area contributed by atoms with Crippen molar-refractivity contribution >= 4 is 11.9 Å². The molecule has 2 saturated carbocycles. The number of aryl methyl sites for hydroxylation is 1. The smallest absolute Gasteiger partial charge is 0.414 e. The number of halogens is 2. The van der Waals surface area contributed by atoms with Gasteiger partial charge >= 0.3 is 6.09 Å². The molecule has 2 aromatic rings. The normalized spacial score (nSPS) is 21.1. The lowest BCUT2D eigenvalue weighted by Crippen LogP contribution is -2.56. The molecule has 166 valence electrons. The number of anilines is 1. The van der Waals surface area contributed by atoms with Gasteiger partial charge in [0.15, 0.2) is 11.6 Å². The maximum atomic E-state index is 13.3. The highest BCUT2D eigenvalue weighted by molar-refractivity contribution is 5.71. The lowest BCUT2D eigenvalue weighted by Gasteiger charge is -2.39. The van der Waals surface area contributed by atoms with Crippen molar-refractivity contribution in [3.63, 3.8) is 0 Å². The summed E-state index contributed by atoms with van der Waals surface area (Å²) in [7, 11) is 0. The average Bonchev–Trinajstić information content (AvgIpc) is 3.40. The molecule has 2 aromatic heterocycles. The van der Waals surface area contributed by atoms with E-state index in [1.807, 2.05) is 0 Å². The third kappa shape index (κ3) is 4.10. The van der Waals surface area contributed by atoms with E-state index < -0.39 is 30.6 Å². The Bertz CT molecular complexity index is 984. The first kappa shape index (κ1) is 19.9. The first-order valence-corrected chi connectivity index (χ1v) is 10.3. The number of rotatable bonds is 7. The topological polar surface area (TPSA) is 116 Å². The van der Waals surface area contributed by atoms with Crippen LogP contribution < -0.4 is 19.7 Å². The van der Waals surface area contributed by atoms with Gasteiger partial charge in [-0.15, -0.1) is 0 Å². The minimum Gasteiger partial charge on any atom is -0.475 e. The zero-order chi connectivity index (χ0) is 21.6. The lowest BCUT2D eigenvalue weighted by atomic mass is 9.76. The van der Waals surface area contributed by atoms with Crippen LogP contribution >= 0.6 is 0 Å². The van der Waals surface area contributed by atoms with Crippen LogP contribution in [-0.4, -0.2) is 51.8 Å². The maximum Gasteiger partial charge on any atom is 0.414 e. The van der Waals surface area contributed by atoms with Crippen LogP contribution in [0.4, 0.5) is 19.4 Å². The summed E-state index contributed by atoms with van der Waals surface area (Å²) in [6.45, 7) is 1.20. The molecule has 1 amide bonds. The van der Waals surface area contributed by atoms with Crippen molar-refractivity contribution in [2.45, 2.75) is 50.5 Å². The molecule has 1 saturated heterocycles. The van der Waals surface area contributed by atoms with E-state index in [0.717, 1.165) is 19.3 Å². The van der Waals surface area contributed by atoms with Crippen LogP contribution in [0.1, 0.15) is 43.8 Å². The number of ether oxygens (including phenoxy) is 2. The van der Waals surface area contributed by atoms with E-state index in [0.29, 0.717) is 37.1 Å². The number of amides is 1. The van der Waals surface area contributed by atoms with Crippen molar-refractivity contribution in [3.05, 3.63) is 17.9 Å². The van der Waals surface area contributed by atoms with E-state index in [2.05, 4.69) is 25.4 Å². The summed E-state index contributed by atoms with van der Waals surface area (Å²) in [5.74, 6) is -1.30. The van der Waals surface area contributed by atoms with Crippen molar-refractivity contribution in [1.82, 2.24) is 25.4 Å². The summed E-state index contributed by atoms with van der Waals surface area (Å²) in [6.07, 6.45) is 4.81. The summed E-state index contributed by atoms with van der Waals surface area (Å²) in [5.41, 5.74) is -0.739. The zero-order valence-electron chi connectivity index (χ0n) is 16.9. The quantitative estimate of drug-likeness (QED) is 0.699. The molecule has 2 aliphatic carbocycles. The Balaban J connectivity index is 1.29. The second kappa shape index (κ2) is 7.27. The van der Waals surface area contributed by atoms with Crippen molar-refractivity contribution in [1.29, 1.82) is 0 Å². The van der Waals surface area contributed by atoms with Gasteiger partial charge in [-0.2, -0.15) is 9.97 Å². The van der Waals surface area contributed by atoms with Crippen molar-refractivity contribution in [2.24, 2.45) is 5.92 Å². The third-order valence-corrected chi connectivity index (χ3v) is 5.70. The summed E-state index contributed by atoms with van der Waals surface area (Å²) in [5, 5.41) is 6.71. The molecule has 0 bridgehead atoms. The molecular weight excluding hydrogens is 414 g/mol. The van der Waals surface area contributed by atoms with Gasteiger partial charge in [0.1, 0.15) is 5.54 Å². The Labute approximate surface area is 176 Å². The van der Waals surface area contributed by atoms with Crippen LogP contribution in [0.3, 0.4) is 0 Å². The van der Waals surface area contributed by atoms with Crippen LogP contribution in [-0.2, 0) is 5.54 Å². The minimum absolute atomic E-state index is 0.0832. The molecule has 3 aliphatic rings. The van der Waals surface area contributed by atoms with E-state index in [9.17, 15) is 13.6 Å². The monoisotopic (exact) mass is 436 g/mol. The first-order chi connectivity index (χ1) is 14.8. The van der Waals surface area contributed by atoms with Crippen LogP contribution in [0.25, 0.3) is 0 Å². The number of carbonyl (C=O) groups excluding carboxylic acids is 1. The summed E-state index contributed by atoms with van der Waals surface area (Å²) in [4.78, 5) is 26.5. The second-order valence-electron chi connectivity index (χ2n) is 8.39. The summed E-state index contributed by atoms with van der Waals surface area (Å²) in [6, 6.07) is 0. The zero-order valence-corrected chi connectivity index (χ0v) is 16.9. The molecule has 5 rings (SSSR count). The SMILES string of the molecule is Cc1nc(C2(NC(=O)Oc3cnc(N4CC(F)(F)C4)c(OCC4CC4)n3)CCC2)no1. The first-order valence-electron chi connectivity index (χ1n) is 10.3. The van der Waals surface area contributed by atoms with Gasteiger partial charge in [0, 0.05) is 6.92 Å². The Morgan fingerprint density at radius 1 is 1.32 bits per heavy atom. The van der Waals surface area contributed by atoms with Gasteiger partial charge in [-0.25, -0.2) is 18.6 Å². The van der Waals surface area contributed by atoms with E-state index in [-0.39, 0.29) is 17.6 Å². The number of hydrogen-bond acceptors (Lipinski definition) is 9. The van der Waals surface area contributed by atoms with Crippen LogP contribution in [0.5, 0.6) is 11.8 Å². The van der Waals surface area contributed by atoms with Crippen molar-refractivity contribution < 1.29 is 27.6 Å². The highest BCUT2D eigenvalue weighted by atomic mass is 19.3. The van der Waals surface area contributed by atoms with Gasteiger partial charge < -0.3 is 24.2 Å². The van der Waals surface area contributed by atoms with Gasteiger partial charge in [-0.05, 0) is 38.0 Å². The van der Waals surface area contributed by atoms with E-state index in [1.54, 1.807) is 6.92 Å². The molecule has 31 heavy (non-hydrogen) atoms. The number of nitrogens with one attached hydrogen (secondary N) is 1. The molecule has 3 heterocycles. The fourth-order valence-electron chi connectivity index (χ4n) is 3.60. The van der Waals surface area contributed by atoms with E-state index in [1.165, 1.54) is 11.1 Å². The van der Waals surface area contributed by atoms with E-state index >= 15 is 0 Å². The molecule has 10 nitrogen and oxygen atoms in total. The molecule has 0 spiro atoms. The van der Waals surface area contributed by atoms with Gasteiger partial charge in [-0.3, -0.25) is 0 Å². The van der Waals surface area contributed by atoms with Gasteiger partial charge in [-0.1, -0.05) is 5.16 Å². The molecule has 1 aliphatic heterocycles. The fourth-order valence-corrected chi connectivity index (χ4v) is 3.60. The summed E-state index contributed by atoms with van der Waals surface area (Å²) < 4.78 is 42.6. The Kier molecular flexibility index (Phi) is 4.67. The maximum absolute atomic E-state index is 13.3. The molecule has 0 radical (unpaired) electrons. The number of hydrogen-bond donors (Lipinski definition) is 1. The molecule has 0 unspecified atom stereocenters. The highest BCUT2D eigenvalue weighted by Gasteiger charge is 2.46. The Hall–Kier alpha value is -3.05. The highest BCUT2D eigenvalue weighted by Crippen LogP contribution is 2.40. The fraction of sp³-hybridized carbons (Fsp3) is 0.632. The van der Waals surface area contributed by atoms with Gasteiger partial charge in [0.25, 0.3) is 11.8 Å². The molecular formula is C19H22F2N6O4. The summed E-state index contributed by atoms with van der Waals surface area (Å²) >= 11 is 0. The van der Waals surface area contributed by atoms with Crippen LogP contribution in [0.15, 0.2) is 10.7 Å².